The zero-order valence-corrected chi connectivity index (χ0v) is 21.6. The summed E-state index contributed by atoms with van der Waals surface area (Å²) in [5.74, 6) is 0.128. The van der Waals surface area contributed by atoms with E-state index in [2.05, 4.69) is 24.1 Å². The standard InChI is InChI=1S/C25H48N2O5S/c1-2-3-4-5-6-7-8-9-10-11-12-13-14-15-16-17-25-26-18-19-27(25,20-21-28)22-24(29)23-33(30,31)32/h9-10,24,28-29H,2-8,11-23H2,1H3. The van der Waals surface area contributed by atoms with Crippen LogP contribution in [0.1, 0.15) is 96.8 Å². The summed E-state index contributed by atoms with van der Waals surface area (Å²) in [7, 11) is -4.48. The van der Waals surface area contributed by atoms with E-state index in [1.54, 1.807) is 0 Å². The maximum absolute atomic E-state index is 11.0. The number of aliphatic hydroxyl groups excluding tert-OH is 2. The molecule has 8 heteroatoms. The van der Waals surface area contributed by atoms with Crippen molar-refractivity contribution in [1.82, 2.24) is 0 Å². The Bertz CT molecular complexity index is 666. The molecule has 7 nitrogen and oxygen atoms in total. The number of nitrogens with zero attached hydrogens (tertiary/aromatic N) is 2. The van der Waals surface area contributed by atoms with E-state index in [-0.39, 0.29) is 13.2 Å². The Morgan fingerprint density at radius 3 is 2.15 bits per heavy atom. The molecule has 33 heavy (non-hydrogen) atoms. The number of hydrogen-bond donors (Lipinski definition) is 2. The minimum absolute atomic E-state index is 0.0672. The maximum atomic E-state index is 11.0. The normalized spacial score (nSPS) is 19.9. The zero-order chi connectivity index (χ0) is 24.4. The highest BCUT2D eigenvalue weighted by Gasteiger charge is 2.39. The van der Waals surface area contributed by atoms with E-state index in [1.165, 1.54) is 64.2 Å². The lowest BCUT2D eigenvalue weighted by atomic mass is 10.1. The molecule has 1 rings (SSSR count). The topological polar surface area (TPSA) is 110 Å². The number of allylic oxidation sites excluding steroid dienone is 2. The van der Waals surface area contributed by atoms with Crippen molar-refractivity contribution < 1.29 is 27.7 Å². The van der Waals surface area contributed by atoms with Crippen LogP contribution in [0.5, 0.6) is 0 Å². The second-order valence-electron chi connectivity index (χ2n) is 9.51. The number of hydrogen-bond acceptors (Lipinski definition) is 6. The van der Waals surface area contributed by atoms with Crippen molar-refractivity contribution in [2.45, 2.75) is 103 Å². The molecule has 2 unspecified atom stereocenters. The second kappa shape index (κ2) is 17.6. The van der Waals surface area contributed by atoms with Gasteiger partial charge in [0.05, 0.1) is 29.0 Å². The van der Waals surface area contributed by atoms with Gasteiger partial charge in [0.2, 0.25) is 0 Å². The van der Waals surface area contributed by atoms with Gasteiger partial charge in [0.15, 0.2) is 5.84 Å². The molecule has 0 fully saturated rings. The fourth-order valence-corrected chi connectivity index (χ4v) is 5.31. The molecule has 0 saturated carbocycles. The largest absolute Gasteiger partial charge is 0.748 e. The molecule has 0 spiro atoms. The van der Waals surface area contributed by atoms with Gasteiger partial charge in [-0.2, -0.15) is 0 Å². The predicted molar refractivity (Wildman–Crippen MR) is 134 cm³/mol. The number of aliphatic hydroxyl groups is 2. The number of quaternary nitrogens is 1. The highest BCUT2D eigenvalue weighted by molar-refractivity contribution is 7.85. The Morgan fingerprint density at radius 2 is 1.58 bits per heavy atom. The number of amidine groups is 1. The molecule has 0 saturated heterocycles. The molecular weight excluding hydrogens is 440 g/mol. The third-order valence-corrected chi connectivity index (χ3v) is 7.31. The summed E-state index contributed by atoms with van der Waals surface area (Å²) in [6, 6.07) is 0. The smallest absolute Gasteiger partial charge is 0.198 e. The minimum atomic E-state index is -4.48. The van der Waals surface area contributed by atoms with Crippen LogP contribution in [0.3, 0.4) is 0 Å². The Labute approximate surface area is 202 Å². The Kier molecular flexibility index (Phi) is 16.1. The summed E-state index contributed by atoms with van der Waals surface area (Å²) in [5.41, 5.74) is 0. The third kappa shape index (κ3) is 14.3. The van der Waals surface area contributed by atoms with Crippen molar-refractivity contribution in [3.05, 3.63) is 12.2 Å². The summed E-state index contributed by atoms with van der Waals surface area (Å²) >= 11 is 0. The van der Waals surface area contributed by atoms with Gasteiger partial charge < -0.3 is 14.8 Å². The van der Waals surface area contributed by atoms with Gasteiger partial charge >= 0.3 is 0 Å². The average Bonchev–Trinajstić information content (AvgIpc) is 3.11. The summed E-state index contributed by atoms with van der Waals surface area (Å²) < 4.78 is 33.2. The molecule has 2 atom stereocenters. The number of aliphatic imine (C=N–C) groups is 1. The van der Waals surface area contributed by atoms with Crippen molar-refractivity contribution in [3.63, 3.8) is 0 Å². The number of unbranched alkanes of at least 4 members (excludes halogenated alkanes) is 11. The molecule has 0 aromatic rings. The van der Waals surface area contributed by atoms with Crippen LogP contribution < -0.4 is 0 Å². The molecule has 1 heterocycles. The van der Waals surface area contributed by atoms with E-state index in [0.29, 0.717) is 24.1 Å². The van der Waals surface area contributed by atoms with Crippen molar-refractivity contribution in [2.75, 3.05) is 38.5 Å². The zero-order valence-electron chi connectivity index (χ0n) is 20.8. The first-order valence-corrected chi connectivity index (χ1v) is 14.7. The Balaban J connectivity index is 2.19. The Morgan fingerprint density at radius 1 is 1.00 bits per heavy atom. The van der Waals surface area contributed by atoms with Crippen molar-refractivity contribution in [1.29, 1.82) is 0 Å². The van der Waals surface area contributed by atoms with E-state index in [1.807, 2.05) is 0 Å². The summed E-state index contributed by atoms with van der Waals surface area (Å²) in [5, 5.41) is 19.6. The van der Waals surface area contributed by atoms with Crippen LogP contribution in [0.2, 0.25) is 0 Å². The minimum Gasteiger partial charge on any atom is -0.748 e. The molecule has 1 aliphatic heterocycles. The van der Waals surface area contributed by atoms with Crippen LogP contribution in [-0.4, -0.2) is 78.1 Å². The van der Waals surface area contributed by atoms with E-state index >= 15 is 0 Å². The average molecular weight is 489 g/mol. The monoisotopic (exact) mass is 488 g/mol. The Hall–Kier alpha value is -0.800. The lowest BCUT2D eigenvalue weighted by molar-refractivity contribution is -0.840. The first-order chi connectivity index (χ1) is 15.8. The van der Waals surface area contributed by atoms with Gasteiger partial charge in [0.1, 0.15) is 25.7 Å². The molecule has 0 aromatic carbocycles. The molecule has 0 amide bonds. The summed E-state index contributed by atoms with van der Waals surface area (Å²) in [4.78, 5) is 4.59. The van der Waals surface area contributed by atoms with E-state index in [0.717, 1.165) is 31.5 Å². The third-order valence-electron chi connectivity index (χ3n) is 6.52. The maximum Gasteiger partial charge on any atom is 0.198 e. The van der Waals surface area contributed by atoms with Gasteiger partial charge in [-0.15, -0.1) is 0 Å². The highest BCUT2D eigenvalue weighted by Crippen LogP contribution is 2.21. The van der Waals surface area contributed by atoms with Crippen LogP contribution in [-0.2, 0) is 10.1 Å². The van der Waals surface area contributed by atoms with E-state index in [9.17, 15) is 23.2 Å². The van der Waals surface area contributed by atoms with Gasteiger partial charge in [-0.25, -0.2) is 13.4 Å². The van der Waals surface area contributed by atoms with Gasteiger partial charge in [0.25, 0.3) is 0 Å². The molecule has 0 aliphatic carbocycles. The van der Waals surface area contributed by atoms with Gasteiger partial charge in [-0.3, -0.25) is 4.48 Å². The first-order valence-electron chi connectivity index (χ1n) is 13.1. The quantitative estimate of drug-likeness (QED) is 0.109. The lowest BCUT2D eigenvalue weighted by Crippen LogP contribution is -2.57. The van der Waals surface area contributed by atoms with Crippen LogP contribution in [0, 0.1) is 0 Å². The molecule has 0 bridgehead atoms. The van der Waals surface area contributed by atoms with Crippen molar-refractivity contribution in [2.24, 2.45) is 4.99 Å². The van der Waals surface area contributed by atoms with Crippen LogP contribution >= 0.6 is 0 Å². The highest BCUT2D eigenvalue weighted by atomic mass is 32.2. The predicted octanol–water partition coefficient (Wildman–Crippen LogP) is 4.15. The SMILES string of the molecule is CCCCCCCCC=CCCCCCCCC1=NCC[N+]1(CCO)CC(O)CS(=O)(=O)[O-]. The van der Waals surface area contributed by atoms with Gasteiger partial charge in [-0.1, -0.05) is 70.4 Å². The fraction of sp³-hybridized carbons (Fsp3) is 0.880. The summed E-state index contributed by atoms with van der Waals surface area (Å²) in [6.07, 6.45) is 20.4. The molecule has 2 N–H and O–H groups in total. The van der Waals surface area contributed by atoms with E-state index in [4.69, 9.17) is 0 Å². The van der Waals surface area contributed by atoms with E-state index < -0.39 is 22.0 Å². The molecule has 0 radical (unpaired) electrons. The molecular formula is C25H48N2O5S. The lowest BCUT2D eigenvalue weighted by Gasteiger charge is -2.36. The van der Waals surface area contributed by atoms with Gasteiger partial charge in [-0.05, 0) is 32.1 Å². The van der Waals surface area contributed by atoms with Crippen LogP contribution in [0.4, 0.5) is 0 Å². The van der Waals surface area contributed by atoms with Crippen molar-refractivity contribution >= 4 is 16.0 Å². The molecule has 0 aromatic heterocycles. The molecule has 194 valence electrons. The van der Waals surface area contributed by atoms with Crippen LogP contribution in [0.15, 0.2) is 17.1 Å². The van der Waals surface area contributed by atoms with Crippen LogP contribution in [0.25, 0.3) is 0 Å². The summed E-state index contributed by atoms with van der Waals surface area (Å²) in [6.45, 7) is 3.93. The van der Waals surface area contributed by atoms with Crippen molar-refractivity contribution in [3.8, 4) is 0 Å². The fourth-order valence-electron chi connectivity index (χ4n) is 4.73. The van der Waals surface area contributed by atoms with Gasteiger partial charge in [0, 0.05) is 6.42 Å². The molecule has 1 aliphatic rings. The first kappa shape index (κ1) is 30.2. The number of rotatable bonds is 21. The second-order valence-corrected chi connectivity index (χ2v) is 11.0.